The summed E-state index contributed by atoms with van der Waals surface area (Å²) in [6, 6.07) is 16.4. The number of nitrogens with one attached hydrogen (secondary N) is 1. The number of rotatable bonds is 5. The van der Waals surface area contributed by atoms with Gasteiger partial charge in [-0.1, -0.05) is 24.3 Å². The molecule has 34 heavy (non-hydrogen) atoms. The maximum absolute atomic E-state index is 14.5. The molecule has 2 aromatic carbocycles. The van der Waals surface area contributed by atoms with E-state index in [0.717, 1.165) is 17.0 Å². The van der Waals surface area contributed by atoms with Crippen LogP contribution in [0.3, 0.4) is 0 Å². The van der Waals surface area contributed by atoms with E-state index in [0.29, 0.717) is 22.2 Å². The Labute approximate surface area is 199 Å². The van der Waals surface area contributed by atoms with Gasteiger partial charge in [0.15, 0.2) is 0 Å². The van der Waals surface area contributed by atoms with Crippen molar-refractivity contribution in [3.05, 3.63) is 77.4 Å². The molecule has 0 saturated carbocycles. The number of amides is 1. The third kappa shape index (κ3) is 4.32. The van der Waals surface area contributed by atoms with E-state index >= 15 is 0 Å². The molecule has 0 spiro atoms. The van der Waals surface area contributed by atoms with Crippen molar-refractivity contribution < 1.29 is 22.3 Å². The number of thiophene rings is 1. The van der Waals surface area contributed by atoms with Gasteiger partial charge >= 0.3 is 0 Å². The predicted molar refractivity (Wildman–Crippen MR) is 129 cm³/mol. The van der Waals surface area contributed by atoms with Crippen LogP contribution >= 0.6 is 11.3 Å². The van der Waals surface area contributed by atoms with Gasteiger partial charge in [-0.05, 0) is 41.8 Å². The van der Waals surface area contributed by atoms with E-state index in [9.17, 15) is 17.6 Å². The molecule has 1 aliphatic rings. The summed E-state index contributed by atoms with van der Waals surface area (Å²) in [5.74, 6) is -1.32. The molecule has 0 radical (unpaired) electrons. The molecule has 1 fully saturated rings. The normalized spacial score (nSPS) is 14.9. The maximum Gasteiger partial charge on any atom is 0.256 e. The summed E-state index contributed by atoms with van der Waals surface area (Å²) in [4.78, 5) is 18.4. The highest BCUT2D eigenvalue weighted by molar-refractivity contribution is 7.89. The first-order valence-corrected chi connectivity index (χ1v) is 12.9. The average Bonchev–Trinajstić information content (AvgIpc) is 3.40. The number of benzene rings is 2. The summed E-state index contributed by atoms with van der Waals surface area (Å²) < 4.78 is 46.9. The number of carbonyl (C=O) groups excluding carboxylic acids is 1. The summed E-state index contributed by atoms with van der Waals surface area (Å²) in [7, 11) is -4.07. The highest BCUT2D eigenvalue weighted by Gasteiger charge is 2.29. The topological polar surface area (TPSA) is 88.6 Å². The number of nitrogens with zero attached hydrogens (tertiary/aromatic N) is 2. The number of para-hydroxylation sites is 1. The molecule has 174 valence electrons. The molecule has 4 aromatic rings. The molecular formula is C24H20FN3O4S2. The molecule has 7 nitrogen and oxygen atoms in total. The average molecular weight is 498 g/mol. The number of ether oxygens (including phenoxy) is 1. The number of aromatic nitrogens is 1. The minimum Gasteiger partial charge on any atom is -0.379 e. The van der Waals surface area contributed by atoms with Gasteiger partial charge in [-0.2, -0.15) is 4.31 Å². The SMILES string of the molecule is O=C(Nc1ccc(F)c(S(=O)(=O)N2CCOCC2)c1)c1cc(-c2cccs2)nc2ccccc12. The second-order valence-electron chi connectivity index (χ2n) is 7.67. The molecular weight excluding hydrogens is 477 g/mol. The summed E-state index contributed by atoms with van der Waals surface area (Å²) in [6.45, 7) is 0.789. The molecule has 0 unspecified atom stereocenters. The van der Waals surface area contributed by atoms with Crippen LogP contribution < -0.4 is 5.32 Å². The molecule has 0 bridgehead atoms. The van der Waals surface area contributed by atoms with Gasteiger partial charge in [-0.15, -0.1) is 11.3 Å². The van der Waals surface area contributed by atoms with Crippen molar-refractivity contribution in [3.8, 4) is 10.6 Å². The minimum atomic E-state index is -4.07. The van der Waals surface area contributed by atoms with E-state index in [4.69, 9.17) is 4.74 Å². The van der Waals surface area contributed by atoms with E-state index in [1.165, 1.54) is 21.7 Å². The zero-order valence-corrected chi connectivity index (χ0v) is 19.5. The van der Waals surface area contributed by atoms with Crippen molar-refractivity contribution in [2.24, 2.45) is 0 Å². The van der Waals surface area contributed by atoms with Crippen LogP contribution in [-0.2, 0) is 14.8 Å². The molecule has 10 heteroatoms. The number of halogens is 1. The number of anilines is 1. The first-order chi connectivity index (χ1) is 16.4. The van der Waals surface area contributed by atoms with Gasteiger partial charge in [0.1, 0.15) is 10.7 Å². The van der Waals surface area contributed by atoms with E-state index in [1.807, 2.05) is 35.7 Å². The molecule has 0 atom stereocenters. The fraction of sp³-hybridized carbons (Fsp3) is 0.167. The lowest BCUT2D eigenvalue weighted by Crippen LogP contribution is -2.40. The number of fused-ring (bicyclic) bond motifs is 1. The van der Waals surface area contributed by atoms with E-state index < -0.39 is 26.6 Å². The Hall–Kier alpha value is -3.18. The van der Waals surface area contributed by atoms with Crippen LogP contribution in [0.15, 0.2) is 70.9 Å². The molecule has 1 amide bonds. The van der Waals surface area contributed by atoms with Crippen LogP contribution in [0.25, 0.3) is 21.5 Å². The van der Waals surface area contributed by atoms with Gasteiger partial charge in [-0.25, -0.2) is 17.8 Å². The second kappa shape index (κ2) is 9.22. The molecule has 1 N–H and O–H groups in total. The Kier molecular flexibility index (Phi) is 6.13. The number of pyridine rings is 1. The molecule has 1 aliphatic heterocycles. The molecule has 1 saturated heterocycles. The zero-order valence-electron chi connectivity index (χ0n) is 17.9. The maximum atomic E-state index is 14.5. The van der Waals surface area contributed by atoms with Gasteiger partial charge in [0.25, 0.3) is 5.91 Å². The van der Waals surface area contributed by atoms with Gasteiger partial charge in [0.2, 0.25) is 10.0 Å². The van der Waals surface area contributed by atoms with E-state index in [-0.39, 0.29) is 32.0 Å². The fourth-order valence-corrected chi connectivity index (χ4v) is 6.00. The Balaban J connectivity index is 1.50. The fourth-order valence-electron chi connectivity index (χ4n) is 3.82. The lowest BCUT2D eigenvalue weighted by atomic mass is 10.1. The Morgan fingerprint density at radius 2 is 1.85 bits per heavy atom. The summed E-state index contributed by atoms with van der Waals surface area (Å²) in [5.41, 5.74) is 1.88. The number of hydrogen-bond acceptors (Lipinski definition) is 6. The minimum absolute atomic E-state index is 0.146. The van der Waals surface area contributed by atoms with Crippen LogP contribution in [0.1, 0.15) is 10.4 Å². The van der Waals surface area contributed by atoms with Gasteiger partial charge in [-0.3, -0.25) is 4.79 Å². The standard InChI is InChI=1S/C24H20FN3O4S2/c25-19-8-7-16(14-23(19)34(30,31)28-9-11-32-12-10-28)26-24(29)18-15-21(22-6-3-13-33-22)27-20-5-2-1-4-17(18)20/h1-8,13-15H,9-12H2,(H,26,29). The highest BCUT2D eigenvalue weighted by Crippen LogP contribution is 2.29. The third-order valence-corrected chi connectivity index (χ3v) is 8.32. The van der Waals surface area contributed by atoms with Gasteiger partial charge in [0, 0.05) is 24.2 Å². The predicted octanol–water partition coefficient (Wildman–Crippen LogP) is 4.38. The Morgan fingerprint density at radius 1 is 1.06 bits per heavy atom. The summed E-state index contributed by atoms with van der Waals surface area (Å²) >= 11 is 1.51. The number of morpholine rings is 1. The van der Waals surface area contributed by atoms with Crippen LogP contribution in [-0.4, -0.2) is 49.9 Å². The quantitative estimate of drug-likeness (QED) is 0.442. The molecule has 2 aromatic heterocycles. The number of sulfonamides is 1. The van der Waals surface area contributed by atoms with Gasteiger partial charge < -0.3 is 10.1 Å². The second-order valence-corrected chi connectivity index (χ2v) is 10.5. The largest absolute Gasteiger partial charge is 0.379 e. The highest BCUT2D eigenvalue weighted by atomic mass is 32.2. The molecule has 0 aliphatic carbocycles. The van der Waals surface area contributed by atoms with Crippen molar-refractivity contribution in [2.75, 3.05) is 31.6 Å². The first kappa shape index (κ1) is 22.6. The summed E-state index contributed by atoms with van der Waals surface area (Å²) in [6.07, 6.45) is 0. The Bertz CT molecular complexity index is 1470. The first-order valence-electron chi connectivity index (χ1n) is 10.6. The van der Waals surface area contributed by atoms with E-state index in [1.54, 1.807) is 12.1 Å². The monoisotopic (exact) mass is 497 g/mol. The van der Waals surface area contributed by atoms with Crippen molar-refractivity contribution in [3.63, 3.8) is 0 Å². The lowest BCUT2D eigenvalue weighted by molar-refractivity contribution is 0.0729. The summed E-state index contributed by atoms with van der Waals surface area (Å²) in [5, 5.41) is 5.32. The van der Waals surface area contributed by atoms with Crippen molar-refractivity contribution in [1.29, 1.82) is 0 Å². The molecule has 3 heterocycles. The van der Waals surface area contributed by atoms with E-state index in [2.05, 4.69) is 10.3 Å². The third-order valence-electron chi connectivity index (χ3n) is 5.51. The van der Waals surface area contributed by atoms with Crippen LogP contribution in [0, 0.1) is 5.82 Å². The molecule has 5 rings (SSSR count). The van der Waals surface area contributed by atoms with Gasteiger partial charge in [0.05, 0.1) is 34.9 Å². The number of carbonyl (C=O) groups is 1. The van der Waals surface area contributed by atoms with Crippen LogP contribution in [0.5, 0.6) is 0 Å². The Morgan fingerprint density at radius 3 is 2.62 bits per heavy atom. The smallest absolute Gasteiger partial charge is 0.256 e. The van der Waals surface area contributed by atoms with Crippen molar-refractivity contribution >= 4 is 43.9 Å². The zero-order chi connectivity index (χ0) is 23.7. The van der Waals surface area contributed by atoms with Crippen molar-refractivity contribution in [2.45, 2.75) is 4.90 Å². The number of hydrogen-bond donors (Lipinski definition) is 1. The van der Waals surface area contributed by atoms with Crippen LogP contribution in [0.4, 0.5) is 10.1 Å². The van der Waals surface area contributed by atoms with Crippen molar-refractivity contribution in [1.82, 2.24) is 9.29 Å². The lowest BCUT2D eigenvalue weighted by Gasteiger charge is -2.26. The van der Waals surface area contributed by atoms with Crippen LogP contribution in [0.2, 0.25) is 0 Å².